The van der Waals surface area contributed by atoms with E-state index in [1.165, 1.54) is 0 Å². The van der Waals surface area contributed by atoms with Crippen molar-refractivity contribution in [3.63, 3.8) is 0 Å². The quantitative estimate of drug-likeness (QED) is 0.611. The van der Waals surface area contributed by atoms with E-state index >= 15 is 0 Å². The van der Waals surface area contributed by atoms with Gasteiger partial charge in [-0.3, -0.25) is 0 Å². The molecule has 1 aromatic rings. The molecule has 0 aliphatic carbocycles. The summed E-state index contributed by atoms with van der Waals surface area (Å²) < 4.78 is 36.2. The average molecular weight is 178 g/mol. The summed E-state index contributed by atoms with van der Waals surface area (Å²) in [5, 5.41) is 0. The molecule has 0 aliphatic heterocycles. The largest absolute Gasteiger partial charge is 0.423 e. The van der Waals surface area contributed by atoms with E-state index in [4.69, 9.17) is 11.5 Å². The van der Waals surface area contributed by atoms with Gasteiger partial charge in [-0.1, -0.05) is 0 Å². The van der Waals surface area contributed by atoms with Gasteiger partial charge in [0, 0.05) is 0 Å². The monoisotopic (exact) mass is 178 g/mol. The molecule has 0 saturated carbocycles. The molecule has 0 radical (unpaired) electrons. The van der Waals surface area contributed by atoms with Crippen molar-refractivity contribution in [3.8, 4) is 0 Å². The van der Waals surface area contributed by atoms with Crippen molar-refractivity contribution < 1.29 is 13.2 Å². The molecule has 12 heavy (non-hydrogen) atoms. The summed E-state index contributed by atoms with van der Waals surface area (Å²) in [6.45, 7) is 0. The third kappa shape index (κ3) is 1.39. The number of nitrogens with two attached hydrogens (primary N) is 2. The van der Waals surface area contributed by atoms with Crippen LogP contribution in [0.25, 0.3) is 0 Å². The number of halogens is 3. The first-order valence-corrected chi connectivity index (χ1v) is 2.86. The molecule has 4 nitrogen and oxygen atoms in total. The maximum atomic E-state index is 12.1. The minimum Gasteiger partial charge on any atom is -0.383 e. The lowest BCUT2D eigenvalue weighted by Gasteiger charge is -2.09. The first-order chi connectivity index (χ1) is 5.43. The van der Waals surface area contributed by atoms with Crippen molar-refractivity contribution in [2.75, 3.05) is 11.5 Å². The second-order valence-electron chi connectivity index (χ2n) is 2.02. The van der Waals surface area contributed by atoms with Gasteiger partial charge in [-0.15, -0.1) is 0 Å². The minimum atomic E-state index is -4.60. The predicted molar refractivity (Wildman–Crippen MR) is 35.9 cm³/mol. The molecule has 0 aliphatic rings. The van der Waals surface area contributed by atoms with Gasteiger partial charge in [-0.25, -0.2) is 9.97 Å². The summed E-state index contributed by atoms with van der Waals surface area (Å²) >= 11 is 0. The minimum absolute atomic E-state index is 0.657. The lowest BCUT2D eigenvalue weighted by Crippen LogP contribution is -2.14. The van der Waals surface area contributed by atoms with Gasteiger partial charge in [0.2, 0.25) is 0 Å². The van der Waals surface area contributed by atoms with Crippen LogP contribution in [0.15, 0.2) is 6.33 Å². The molecule has 7 heteroatoms. The fraction of sp³-hybridized carbons (Fsp3) is 0.200. The molecule has 1 rings (SSSR count). The summed E-state index contributed by atoms with van der Waals surface area (Å²) in [4.78, 5) is 6.35. The molecular weight excluding hydrogens is 173 g/mol. The first-order valence-electron chi connectivity index (χ1n) is 2.86. The Morgan fingerprint density at radius 1 is 1.08 bits per heavy atom. The van der Waals surface area contributed by atoms with Gasteiger partial charge in [0.25, 0.3) is 0 Å². The lowest BCUT2D eigenvalue weighted by molar-refractivity contribution is -0.136. The van der Waals surface area contributed by atoms with Crippen molar-refractivity contribution in [3.05, 3.63) is 11.9 Å². The van der Waals surface area contributed by atoms with E-state index in [-0.39, 0.29) is 0 Å². The fourth-order valence-electron chi connectivity index (χ4n) is 0.704. The molecule has 1 heterocycles. The van der Waals surface area contributed by atoms with Crippen LogP contribution in [0.1, 0.15) is 5.56 Å². The van der Waals surface area contributed by atoms with Crippen LogP contribution < -0.4 is 11.5 Å². The Balaban J connectivity index is 3.31. The third-order valence-corrected chi connectivity index (χ3v) is 1.19. The van der Waals surface area contributed by atoms with E-state index in [0.29, 0.717) is 0 Å². The zero-order chi connectivity index (χ0) is 9.35. The number of hydrogen-bond acceptors (Lipinski definition) is 4. The molecule has 66 valence electrons. The van der Waals surface area contributed by atoms with Crippen LogP contribution >= 0.6 is 0 Å². The Hall–Kier alpha value is -1.53. The van der Waals surface area contributed by atoms with E-state index in [1.54, 1.807) is 0 Å². The highest BCUT2D eigenvalue weighted by molar-refractivity contribution is 5.53. The van der Waals surface area contributed by atoms with Gasteiger partial charge in [0.1, 0.15) is 23.5 Å². The average Bonchev–Trinajstić information content (AvgIpc) is 1.82. The maximum Gasteiger partial charge on any atom is 0.423 e. The second-order valence-corrected chi connectivity index (χ2v) is 2.02. The number of anilines is 2. The van der Waals surface area contributed by atoms with Crippen molar-refractivity contribution in [2.24, 2.45) is 0 Å². The third-order valence-electron chi connectivity index (χ3n) is 1.19. The summed E-state index contributed by atoms with van der Waals surface area (Å²) in [5.41, 5.74) is 8.74. The fourth-order valence-corrected chi connectivity index (χ4v) is 0.704. The van der Waals surface area contributed by atoms with Crippen LogP contribution in [0.5, 0.6) is 0 Å². The maximum absolute atomic E-state index is 12.1. The van der Waals surface area contributed by atoms with Crippen LogP contribution in [0.2, 0.25) is 0 Å². The molecule has 0 atom stereocenters. The Morgan fingerprint density at radius 3 is 1.75 bits per heavy atom. The van der Waals surface area contributed by atoms with Crippen molar-refractivity contribution >= 4 is 11.6 Å². The Kier molecular flexibility index (Phi) is 1.79. The Bertz CT molecular complexity index is 275. The summed E-state index contributed by atoms with van der Waals surface area (Å²) in [6.07, 6.45) is -3.73. The van der Waals surface area contributed by atoms with Gasteiger partial charge < -0.3 is 11.5 Å². The number of rotatable bonds is 0. The highest BCUT2D eigenvalue weighted by atomic mass is 19.4. The molecule has 0 aromatic carbocycles. The smallest absolute Gasteiger partial charge is 0.383 e. The first kappa shape index (κ1) is 8.57. The highest BCUT2D eigenvalue weighted by Gasteiger charge is 2.36. The van der Waals surface area contributed by atoms with E-state index in [1.807, 2.05) is 0 Å². The Morgan fingerprint density at radius 2 is 1.50 bits per heavy atom. The molecule has 0 fully saturated rings. The van der Waals surface area contributed by atoms with Gasteiger partial charge >= 0.3 is 6.18 Å². The zero-order valence-corrected chi connectivity index (χ0v) is 5.76. The van der Waals surface area contributed by atoms with Crippen LogP contribution in [-0.4, -0.2) is 9.97 Å². The van der Waals surface area contributed by atoms with Crippen LogP contribution in [-0.2, 0) is 6.18 Å². The number of nitrogen functional groups attached to an aromatic ring is 2. The zero-order valence-electron chi connectivity index (χ0n) is 5.76. The normalized spacial score (nSPS) is 11.6. The SMILES string of the molecule is Nc1ncnc(N)c1C(F)(F)F. The topological polar surface area (TPSA) is 77.8 Å². The van der Waals surface area contributed by atoms with Crippen molar-refractivity contribution in [1.82, 2.24) is 9.97 Å². The number of nitrogens with zero attached hydrogens (tertiary/aromatic N) is 2. The molecule has 0 saturated heterocycles. The van der Waals surface area contributed by atoms with Crippen molar-refractivity contribution in [1.29, 1.82) is 0 Å². The highest BCUT2D eigenvalue weighted by Crippen LogP contribution is 2.35. The number of hydrogen-bond donors (Lipinski definition) is 2. The number of aromatic nitrogens is 2. The van der Waals surface area contributed by atoms with Gasteiger partial charge in [0.05, 0.1) is 0 Å². The van der Waals surface area contributed by atoms with Crippen molar-refractivity contribution in [2.45, 2.75) is 6.18 Å². The number of alkyl halides is 3. The standard InChI is InChI=1S/C5H5F3N4/c6-5(7,8)2-3(9)11-1-12-4(2)10/h1H,(H4,9,10,11,12). The Labute approximate surface area is 65.4 Å². The molecule has 1 aromatic heterocycles. The molecule has 0 amide bonds. The van der Waals surface area contributed by atoms with Gasteiger partial charge in [0.15, 0.2) is 0 Å². The molecule has 4 N–H and O–H groups in total. The van der Waals surface area contributed by atoms with Crippen LogP contribution in [0, 0.1) is 0 Å². The van der Waals surface area contributed by atoms with Crippen LogP contribution in [0.4, 0.5) is 24.8 Å². The van der Waals surface area contributed by atoms with Crippen LogP contribution in [0.3, 0.4) is 0 Å². The molecule has 0 bridgehead atoms. The predicted octanol–water partition coefficient (Wildman–Crippen LogP) is 0.660. The molecule has 0 unspecified atom stereocenters. The van der Waals surface area contributed by atoms with Gasteiger partial charge in [-0.05, 0) is 0 Å². The van der Waals surface area contributed by atoms with E-state index in [9.17, 15) is 13.2 Å². The van der Waals surface area contributed by atoms with E-state index in [2.05, 4.69) is 9.97 Å². The lowest BCUT2D eigenvalue weighted by atomic mass is 10.3. The molecule has 0 spiro atoms. The molecular formula is C5H5F3N4. The summed E-state index contributed by atoms with van der Waals surface area (Å²) in [5.74, 6) is -1.31. The van der Waals surface area contributed by atoms with E-state index < -0.39 is 23.4 Å². The summed E-state index contributed by atoms with van der Waals surface area (Å²) in [7, 11) is 0. The second kappa shape index (κ2) is 2.50. The summed E-state index contributed by atoms with van der Waals surface area (Å²) in [6, 6.07) is 0. The van der Waals surface area contributed by atoms with Gasteiger partial charge in [-0.2, -0.15) is 13.2 Å². The van der Waals surface area contributed by atoms with E-state index in [0.717, 1.165) is 6.33 Å².